The van der Waals surface area contributed by atoms with Crippen LogP contribution in [0.2, 0.25) is 5.02 Å². The lowest BCUT2D eigenvalue weighted by molar-refractivity contribution is -0.111. The minimum Gasteiger partial charge on any atom is -0.323 e. The second kappa shape index (κ2) is 9.02. The van der Waals surface area contributed by atoms with E-state index in [9.17, 15) is 17.6 Å². The fraction of sp³-hybridized carbons (Fsp3) is 0.0500. The molecule has 0 aliphatic rings. The summed E-state index contributed by atoms with van der Waals surface area (Å²) in [6.45, 7) is 1.71. The van der Waals surface area contributed by atoms with Crippen molar-refractivity contribution in [2.45, 2.75) is 11.8 Å². The van der Waals surface area contributed by atoms with Crippen molar-refractivity contribution in [3.63, 3.8) is 0 Å². The highest BCUT2D eigenvalue weighted by molar-refractivity contribution is 7.92. The van der Waals surface area contributed by atoms with Gasteiger partial charge in [0.1, 0.15) is 5.82 Å². The lowest BCUT2D eigenvalue weighted by Gasteiger charge is -2.08. The van der Waals surface area contributed by atoms with Gasteiger partial charge in [0.2, 0.25) is 11.9 Å². The Morgan fingerprint density at radius 3 is 2.53 bits per heavy atom. The first kappa shape index (κ1) is 21.4. The van der Waals surface area contributed by atoms with Gasteiger partial charge in [-0.25, -0.2) is 27.5 Å². The molecule has 10 heteroatoms. The first-order chi connectivity index (χ1) is 14.2. The molecule has 0 spiro atoms. The number of hydrogen-bond acceptors (Lipinski definition) is 5. The number of halogens is 2. The Bertz CT molecular complexity index is 1190. The van der Waals surface area contributed by atoms with Crippen molar-refractivity contribution in [2.24, 2.45) is 0 Å². The van der Waals surface area contributed by atoms with E-state index in [1.54, 1.807) is 13.0 Å². The Morgan fingerprint density at radius 2 is 1.87 bits per heavy atom. The first-order valence-electron chi connectivity index (χ1n) is 8.60. The number of rotatable bonds is 6. The van der Waals surface area contributed by atoms with Crippen LogP contribution in [-0.4, -0.2) is 24.3 Å². The maximum Gasteiger partial charge on any atom is 0.264 e. The normalized spacial score (nSPS) is 11.4. The molecular weight excluding hydrogens is 431 g/mol. The van der Waals surface area contributed by atoms with Gasteiger partial charge >= 0.3 is 0 Å². The van der Waals surface area contributed by atoms with E-state index in [1.807, 2.05) is 0 Å². The molecule has 0 saturated carbocycles. The molecule has 2 aromatic carbocycles. The fourth-order valence-corrected chi connectivity index (χ4v) is 3.58. The third-order valence-corrected chi connectivity index (χ3v) is 5.53. The minimum atomic E-state index is -3.89. The van der Waals surface area contributed by atoms with E-state index in [1.165, 1.54) is 54.7 Å². The maximum absolute atomic E-state index is 13.7. The predicted molar refractivity (Wildman–Crippen MR) is 113 cm³/mol. The Hall–Kier alpha value is -3.30. The van der Waals surface area contributed by atoms with Gasteiger partial charge in [-0.1, -0.05) is 17.7 Å². The molecule has 30 heavy (non-hydrogen) atoms. The largest absolute Gasteiger partial charge is 0.323 e. The number of benzene rings is 2. The summed E-state index contributed by atoms with van der Waals surface area (Å²) in [5.41, 5.74) is 1.07. The van der Waals surface area contributed by atoms with Gasteiger partial charge in [-0.05, 0) is 55.5 Å². The number of nitrogens with one attached hydrogen (secondary N) is 2. The standard InChI is InChI=1S/C20H16ClFN4O3S/c1-13-11-12-23-20(24-13)26-30(28,29)15-7-5-14(6-8-15)25-19(27)10-9-16-17(21)3-2-4-18(16)22/h2-12H,1H3,(H,25,27)(H,23,24,26). The van der Waals surface area contributed by atoms with Crippen molar-refractivity contribution in [3.8, 4) is 0 Å². The van der Waals surface area contributed by atoms with Crippen LogP contribution >= 0.6 is 11.6 Å². The van der Waals surface area contributed by atoms with Gasteiger partial charge < -0.3 is 5.32 Å². The summed E-state index contributed by atoms with van der Waals surface area (Å²) in [7, 11) is -3.89. The van der Waals surface area contributed by atoms with Crippen LogP contribution in [0.15, 0.2) is 65.7 Å². The van der Waals surface area contributed by atoms with E-state index in [0.717, 1.165) is 6.08 Å². The maximum atomic E-state index is 13.7. The van der Waals surface area contributed by atoms with Crippen molar-refractivity contribution in [2.75, 3.05) is 10.0 Å². The Balaban J connectivity index is 1.68. The van der Waals surface area contributed by atoms with Gasteiger partial charge in [-0.3, -0.25) is 4.79 Å². The summed E-state index contributed by atoms with van der Waals surface area (Å²) in [4.78, 5) is 19.9. The highest BCUT2D eigenvalue weighted by Gasteiger charge is 2.15. The van der Waals surface area contributed by atoms with E-state index in [2.05, 4.69) is 20.0 Å². The molecule has 0 aliphatic heterocycles. The molecule has 1 heterocycles. The number of sulfonamides is 1. The number of carbonyl (C=O) groups is 1. The number of aryl methyl sites for hydroxylation is 1. The van der Waals surface area contributed by atoms with Gasteiger partial charge in [0.15, 0.2) is 0 Å². The molecule has 0 bridgehead atoms. The first-order valence-corrected chi connectivity index (χ1v) is 10.5. The van der Waals surface area contributed by atoms with Gasteiger partial charge in [0.05, 0.1) is 9.92 Å². The van der Waals surface area contributed by atoms with Crippen LogP contribution in [0.25, 0.3) is 6.08 Å². The van der Waals surface area contributed by atoms with Crippen LogP contribution in [0.1, 0.15) is 11.3 Å². The molecule has 0 radical (unpaired) electrons. The average molecular weight is 447 g/mol. The predicted octanol–water partition coefficient (Wildman–Crippen LogP) is 4.03. The van der Waals surface area contributed by atoms with Crippen molar-refractivity contribution in [1.82, 2.24) is 9.97 Å². The second-order valence-electron chi connectivity index (χ2n) is 6.11. The molecule has 0 fully saturated rings. The summed E-state index contributed by atoms with van der Waals surface area (Å²) in [5, 5.41) is 2.74. The Kier molecular flexibility index (Phi) is 6.43. The highest BCUT2D eigenvalue weighted by atomic mass is 35.5. The quantitative estimate of drug-likeness (QED) is 0.557. The molecule has 7 nitrogen and oxygen atoms in total. The van der Waals surface area contributed by atoms with Crippen LogP contribution in [0.3, 0.4) is 0 Å². The number of nitrogens with zero attached hydrogens (tertiary/aromatic N) is 2. The van der Waals surface area contributed by atoms with Crippen molar-refractivity contribution < 1.29 is 17.6 Å². The van der Waals surface area contributed by atoms with Crippen LogP contribution in [0.4, 0.5) is 16.0 Å². The molecule has 0 saturated heterocycles. The topological polar surface area (TPSA) is 101 Å². The highest BCUT2D eigenvalue weighted by Crippen LogP contribution is 2.21. The smallest absolute Gasteiger partial charge is 0.264 e. The van der Waals surface area contributed by atoms with E-state index in [0.29, 0.717) is 11.4 Å². The molecule has 1 amide bonds. The number of aromatic nitrogens is 2. The van der Waals surface area contributed by atoms with Gasteiger partial charge in [-0.15, -0.1) is 0 Å². The molecular formula is C20H16ClFN4O3S. The number of anilines is 2. The number of amides is 1. The van der Waals surface area contributed by atoms with E-state index in [-0.39, 0.29) is 21.4 Å². The van der Waals surface area contributed by atoms with Crippen molar-refractivity contribution in [3.05, 3.63) is 82.9 Å². The van der Waals surface area contributed by atoms with Crippen molar-refractivity contribution >= 4 is 45.2 Å². The zero-order valence-corrected chi connectivity index (χ0v) is 17.2. The zero-order chi connectivity index (χ0) is 21.7. The Morgan fingerprint density at radius 1 is 1.13 bits per heavy atom. The van der Waals surface area contributed by atoms with Gasteiger partial charge in [-0.2, -0.15) is 0 Å². The Labute approximate surface area is 177 Å². The van der Waals surface area contributed by atoms with E-state index in [4.69, 9.17) is 11.6 Å². The van der Waals surface area contributed by atoms with Crippen molar-refractivity contribution in [1.29, 1.82) is 0 Å². The third-order valence-electron chi connectivity index (χ3n) is 3.85. The lowest BCUT2D eigenvalue weighted by Crippen LogP contribution is -2.15. The second-order valence-corrected chi connectivity index (χ2v) is 8.20. The average Bonchev–Trinajstić information content (AvgIpc) is 2.68. The molecule has 3 rings (SSSR count). The van der Waals surface area contributed by atoms with Crippen LogP contribution in [-0.2, 0) is 14.8 Å². The summed E-state index contributed by atoms with van der Waals surface area (Å²) in [6, 6.07) is 11.3. The van der Waals surface area contributed by atoms with E-state index < -0.39 is 21.7 Å². The molecule has 1 aromatic heterocycles. The van der Waals surface area contributed by atoms with Crippen LogP contribution in [0, 0.1) is 12.7 Å². The fourth-order valence-electron chi connectivity index (χ4n) is 2.41. The van der Waals surface area contributed by atoms with Crippen LogP contribution in [0.5, 0.6) is 0 Å². The summed E-state index contributed by atoms with van der Waals surface area (Å²) in [6.07, 6.45) is 3.84. The molecule has 0 unspecified atom stereocenters. The van der Waals surface area contributed by atoms with E-state index >= 15 is 0 Å². The minimum absolute atomic E-state index is 0.0284. The lowest BCUT2D eigenvalue weighted by atomic mass is 10.2. The summed E-state index contributed by atoms with van der Waals surface area (Å²) >= 11 is 5.91. The summed E-state index contributed by atoms with van der Waals surface area (Å²) < 4.78 is 40.9. The van der Waals surface area contributed by atoms with Crippen LogP contribution < -0.4 is 10.0 Å². The molecule has 2 N–H and O–H groups in total. The SMILES string of the molecule is Cc1ccnc(NS(=O)(=O)c2ccc(NC(=O)C=Cc3c(F)cccc3Cl)cc2)n1. The molecule has 3 aromatic rings. The molecule has 0 aliphatic carbocycles. The summed E-state index contributed by atoms with van der Waals surface area (Å²) in [5.74, 6) is -1.12. The van der Waals surface area contributed by atoms with Gasteiger partial charge in [0, 0.05) is 29.2 Å². The third kappa shape index (κ3) is 5.40. The number of hydrogen-bond donors (Lipinski definition) is 2. The monoisotopic (exact) mass is 446 g/mol. The molecule has 154 valence electrons. The molecule has 0 atom stereocenters. The zero-order valence-electron chi connectivity index (χ0n) is 15.6. The van der Waals surface area contributed by atoms with Gasteiger partial charge in [0.25, 0.3) is 10.0 Å². The number of carbonyl (C=O) groups excluding carboxylic acids is 1.